The van der Waals surface area contributed by atoms with Crippen molar-refractivity contribution >= 4 is 11.6 Å². The molecule has 2 atom stereocenters. The molecular weight excluding hydrogens is 331 g/mol. The van der Waals surface area contributed by atoms with Gasteiger partial charge in [-0.05, 0) is 23.8 Å². The van der Waals surface area contributed by atoms with Gasteiger partial charge in [0, 0.05) is 32.1 Å². The molecule has 2 heterocycles. The Morgan fingerprint density at radius 3 is 3.00 bits per heavy atom. The summed E-state index contributed by atoms with van der Waals surface area (Å²) in [6.07, 6.45) is 5.70. The van der Waals surface area contributed by atoms with Gasteiger partial charge >= 0.3 is 0 Å². The first-order valence-electron chi connectivity index (χ1n) is 7.64. The molecule has 0 bridgehead atoms. The number of ether oxygens (including phenoxy) is 1. The first-order valence-corrected chi connectivity index (χ1v) is 7.52. The second kappa shape index (κ2) is 6.85. The molecule has 0 spiro atoms. The molecule has 5 nitrogen and oxygen atoms in total. The van der Waals surface area contributed by atoms with Gasteiger partial charge in [-0.15, -0.1) is 0 Å². The van der Waals surface area contributed by atoms with Crippen LogP contribution >= 0.6 is 11.6 Å². The van der Waals surface area contributed by atoms with Crippen LogP contribution in [0.5, 0.6) is 5.88 Å². The zero-order valence-electron chi connectivity index (χ0n) is 13.8. The topological polar surface area (TPSA) is 63.7 Å². The number of rotatable bonds is 4. The molecule has 1 aliphatic rings. The number of nitriles is 1. The highest BCUT2D eigenvalue weighted by molar-refractivity contribution is 6.29. The molecule has 0 aromatic carbocycles. The number of halogens is 2. The Labute approximate surface area is 145 Å². The summed E-state index contributed by atoms with van der Waals surface area (Å²) >= 11 is 6.03. The molecule has 0 fully saturated rings. The van der Waals surface area contributed by atoms with Crippen molar-refractivity contribution in [3.63, 3.8) is 0 Å². The Balaban J connectivity index is 1.78. The highest BCUT2D eigenvalue weighted by atomic mass is 35.5. The normalized spacial score (nSPS) is 23.3. The van der Waals surface area contributed by atoms with Crippen molar-refractivity contribution in [3.8, 4) is 23.1 Å². The summed E-state index contributed by atoms with van der Waals surface area (Å²) in [5, 5.41) is 13.1. The van der Waals surface area contributed by atoms with Gasteiger partial charge in [-0.1, -0.05) is 17.7 Å². The molecule has 0 amide bonds. The fourth-order valence-electron chi connectivity index (χ4n) is 2.25. The molecule has 7 heteroatoms. The molecule has 3 rings (SSSR count). The van der Waals surface area contributed by atoms with E-state index in [1.165, 1.54) is 12.2 Å². The summed E-state index contributed by atoms with van der Waals surface area (Å²) in [6.45, 7) is -0.264. The minimum Gasteiger partial charge on any atom is -0.477 e. The van der Waals surface area contributed by atoms with Crippen molar-refractivity contribution in [1.29, 1.82) is 5.26 Å². The molecule has 0 radical (unpaired) electrons. The lowest BCUT2D eigenvalue weighted by Crippen LogP contribution is -2.22. The van der Waals surface area contributed by atoms with E-state index in [0.717, 1.165) is 17.2 Å². The Hall–Kier alpha value is -2.65. The number of aryl methyl sites for hydroxylation is 1. The fourth-order valence-corrected chi connectivity index (χ4v) is 2.45. The van der Waals surface area contributed by atoms with Gasteiger partial charge in [-0.25, -0.2) is 9.37 Å². The van der Waals surface area contributed by atoms with Crippen LogP contribution in [0, 0.1) is 17.2 Å². The van der Waals surface area contributed by atoms with E-state index in [2.05, 4.69) is 10.1 Å². The lowest BCUT2D eigenvalue weighted by molar-refractivity contribution is 0.205. The van der Waals surface area contributed by atoms with E-state index in [4.69, 9.17) is 23.0 Å². The minimum atomic E-state index is -1.65. The van der Waals surface area contributed by atoms with Gasteiger partial charge in [0.25, 0.3) is 0 Å². The standard InChI is InChI=1S/C17H14ClFN4O/c1-23-9-14(8-21-23)13-5-16(18)22-17(6-13)24-10-12-3-2-11(7-20)4-15(12)19/h2-6,8-9,12,15H,10H2,1H3/i12D. The SMILES string of the molecule is [2H]C1(COc2cc(-c3cnn(C)c3)cc(Cl)n2)C=CC(C#N)=CC1F. The van der Waals surface area contributed by atoms with Crippen molar-refractivity contribution < 1.29 is 10.5 Å². The summed E-state index contributed by atoms with van der Waals surface area (Å²) in [5.74, 6) is -1.44. The maximum atomic E-state index is 14.2. The van der Waals surface area contributed by atoms with Crippen LogP contribution in [0.3, 0.4) is 0 Å². The summed E-state index contributed by atoms with van der Waals surface area (Å²) in [7, 11) is 1.80. The molecule has 0 N–H and O–H groups in total. The number of alkyl halides is 1. The van der Waals surface area contributed by atoms with Crippen LogP contribution in [0.25, 0.3) is 11.1 Å². The van der Waals surface area contributed by atoms with Gasteiger partial charge in [0.05, 0.1) is 24.4 Å². The predicted octanol–water partition coefficient (Wildman–Crippen LogP) is 3.49. The van der Waals surface area contributed by atoms with Gasteiger partial charge in [-0.3, -0.25) is 4.68 Å². The summed E-state index contributed by atoms with van der Waals surface area (Å²) in [5.41, 5.74) is 1.78. The molecule has 0 saturated carbocycles. The van der Waals surface area contributed by atoms with Gasteiger partial charge < -0.3 is 4.74 Å². The van der Waals surface area contributed by atoms with Gasteiger partial charge in [-0.2, -0.15) is 10.4 Å². The van der Waals surface area contributed by atoms with Gasteiger partial charge in [0.15, 0.2) is 0 Å². The number of nitrogens with zero attached hydrogens (tertiary/aromatic N) is 4. The van der Waals surface area contributed by atoms with Crippen molar-refractivity contribution in [2.45, 2.75) is 6.17 Å². The first-order chi connectivity index (χ1) is 11.9. The fraction of sp³-hybridized carbons (Fsp3) is 0.235. The van der Waals surface area contributed by atoms with Crippen LogP contribution in [-0.4, -0.2) is 27.5 Å². The van der Waals surface area contributed by atoms with Crippen LogP contribution < -0.4 is 4.74 Å². The van der Waals surface area contributed by atoms with E-state index in [-0.39, 0.29) is 23.2 Å². The van der Waals surface area contributed by atoms with E-state index in [0.29, 0.717) is 0 Å². The zero-order chi connectivity index (χ0) is 18.0. The third kappa shape index (κ3) is 3.63. The summed E-state index contributed by atoms with van der Waals surface area (Å²) in [6, 6.07) is 5.18. The maximum Gasteiger partial charge on any atom is 0.215 e. The number of hydrogen-bond acceptors (Lipinski definition) is 4. The van der Waals surface area contributed by atoms with E-state index in [1.54, 1.807) is 30.1 Å². The number of aromatic nitrogens is 3. The quantitative estimate of drug-likeness (QED) is 0.796. The van der Waals surface area contributed by atoms with Crippen LogP contribution in [-0.2, 0) is 7.05 Å². The highest BCUT2D eigenvalue weighted by Crippen LogP contribution is 2.27. The first kappa shape index (κ1) is 14.9. The summed E-state index contributed by atoms with van der Waals surface area (Å²) in [4.78, 5) is 4.06. The number of hydrogen-bond donors (Lipinski definition) is 0. The van der Waals surface area contributed by atoms with Crippen LogP contribution in [0.15, 0.2) is 48.3 Å². The van der Waals surface area contributed by atoms with Crippen molar-refractivity contribution in [2.75, 3.05) is 6.61 Å². The van der Waals surface area contributed by atoms with E-state index in [1.807, 2.05) is 12.3 Å². The highest BCUT2D eigenvalue weighted by Gasteiger charge is 2.21. The molecule has 1 aliphatic carbocycles. The third-order valence-electron chi connectivity index (χ3n) is 3.48. The van der Waals surface area contributed by atoms with Crippen molar-refractivity contribution in [1.82, 2.24) is 14.8 Å². The molecule has 0 aliphatic heterocycles. The summed E-state index contributed by atoms with van der Waals surface area (Å²) < 4.78 is 29.6. The molecule has 2 aromatic heterocycles. The number of allylic oxidation sites excluding steroid dienone is 3. The molecule has 2 aromatic rings. The van der Waals surface area contributed by atoms with E-state index >= 15 is 0 Å². The Bertz CT molecular complexity index is 904. The largest absolute Gasteiger partial charge is 0.477 e. The van der Waals surface area contributed by atoms with Crippen molar-refractivity contribution in [2.24, 2.45) is 12.9 Å². The molecule has 122 valence electrons. The molecular formula is C17H14ClFN4O. The second-order valence-corrected chi connectivity index (χ2v) is 5.64. The van der Waals surface area contributed by atoms with E-state index in [9.17, 15) is 4.39 Å². The lowest BCUT2D eigenvalue weighted by atomic mass is 9.96. The Morgan fingerprint density at radius 1 is 1.50 bits per heavy atom. The van der Waals surface area contributed by atoms with Gasteiger partial charge in [0.2, 0.25) is 5.88 Å². The average Bonchev–Trinajstić information content (AvgIpc) is 3.02. The van der Waals surface area contributed by atoms with Crippen LogP contribution in [0.1, 0.15) is 1.37 Å². The Morgan fingerprint density at radius 2 is 2.33 bits per heavy atom. The van der Waals surface area contributed by atoms with Crippen LogP contribution in [0.2, 0.25) is 5.15 Å². The maximum absolute atomic E-state index is 14.2. The zero-order valence-corrected chi connectivity index (χ0v) is 13.5. The molecule has 0 saturated heterocycles. The van der Waals surface area contributed by atoms with Gasteiger partial charge in [0.1, 0.15) is 11.3 Å². The molecule has 2 unspecified atom stereocenters. The third-order valence-corrected chi connectivity index (χ3v) is 3.68. The Kier molecular flexibility index (Phi) is 4.26. The minimum absolute atomic E-state index is 0.189. The predicted molar refractivity (Wildman–Crippen MR) is 88.2 cm³/mol. The smallest absolute Gasteiger partial charge is 0.215 e. The van der Waals surface area contributed by atoms with Crippen molar-refractivity contribution in [3.05, 3.63) is 53.5 Å². The number of pyridine rings is 1. The van der Waals surface area contributed by atoms with E-state index < -0.39 is 12.1 Å². The molecule has 24 heavy (non-hydrogen) atoms. The second-order valence-electron chi connectivity index (χ2n) is 5.25. The average molecular weight is 346 g/mol. The monoisotopic (exact) mass is 345 g/mol. The van der Waals surface area contributed by atoms with Crippen LogP contribution in [0.4, 0.5) is 4.39 Å². The lowest BCUT2D eigenvalue weighted by Gasteiger charge is -2.18.